The first-order valence-electron chi connectivity index (χ1n) is 4.19. The number of azide groups is 1. The molecule has 1 aromatic carbocycles. The Bertz CT molecular complexity index is 453. The van der Waals surface area contributed by atoms with Gasteiger partial charge in [-0.05, 0) is 23.7 Å². The first kappa shape index (κ1) is 11.0. The number of hydrogen-bond donors (Lipinski definition) is 0. The second kappa shape index (κ2) is 5.63. The molecule has 1 aromatic rings. The molecule has 0 bridgehead atoms. The van der Waals surface area contributed by atoms with Gasteiger partial charge >= 0.3 is 0 Å². The Balaban J connectivity index is 2.64. The van der Waals surface area contributed by atoms with Gasteiger partial charge in [0.05, 0.1) is 0 Å². The maximum atomic E-state index is 12.7. The average Bonchev–Trinajstić information content (AvgIpc) is 2.23. The second-order valence-electron chi connectivity index (χ2n) is 2.64. The van der Waals surface area contributed by atoms with Gasteiger partial charge in [-0.2, -0.15) is 0 Å². The number of nitrogens with zero attached hydrogens (tertiary/aromatic N) is 3. The maximum Gasteiger partial charge on any atom is 0.160 e. The summed E-state index contributed by atoms with van der Waals surface area (Å²) in [4.78, 5) is 2.55. The van der Waals surface area contributed by atoms with Gasteiger partial charge < -0.3 is 0 Å². The van der Waals surface area contributed by atoms with Crippen molar-refractivity contribution in [3.8, 4) is 11.8 Å². The van der Waals surface area contributed by atoms with E-state index in [-0.39, 0.29) is 6.54 Å². The SMILES string of the molecule is [N-]=[N+]=NCCC#Cc1ccc(F)c(F)c1. The zero-order chi connectivity index (χ0) is 11.1. The highest BCUT2D eigenvalue weighted by Crippen LogP contribution is 2.07. The highest BCUT2D eigenvalue weighted by atomic mass is 19.2. The van der Waals surface area contributed by atoms with Crippen LogP contribution in [0.25, 0.3) is 10.4 Å². The quantitative estimate of drug-likeness (QED) is 0.235. The van der Waals surface area contributed by atoms with Crippen LogP contribution in [0.3, 0.4) is 0 Å². The molecule has 76 valence electrons. The first-order valence-corrected chi connectivity index (χ1v) is 4.19. The van der Waals surface area contributed by atoms with Crippen LogP contribution in [0.2, 0.25) is 0 Å². The summed E-state index contributed by atoms with van der Waals surface area (Å²) in [5, 5.41) is 3.28. The molecule has 0 saturated carbocycles. The van der Waals surface area contributed by atoms with E-state index in [2.05, 4.69) is 21.9 Å². The molecular formula is C10H7F2N3. The van der Waals surface area contributed by atoms with Gasteiger partial charge in [0.1, 0.15) is 0 Å². The van der Waals surface area contributed by atoms with Gasteiger partial charge in [0.15, 0.2) is 11.6 Å². The molecule has 0 amide bonds. The predicted molar refractivity (Wildman–Crippen MR) is 51.9 cm³/mol. The largest absolute Gasteiger partial charge is 0.204 e. The predicted octanol–water partition coefficient (Wildman–Crippen LogP) is 3.02. The zero-order valence-electron chi connectivity index (χ0n) is 7.74. The van der Waals surface area contributed by atoms with E-state index in [0.29, 0.717) is 12.0 Å². The Labute approximate surface area is 85.4 Å². The van der Waals surface area contributed by atoms with Crippen molar-refractivity contribution in [3.05, 3.63) is 45.8 Å². The number of hydrogen-bond acceptors (Lipinski definition) is 1. The Hall–Kier alpha value is -2.05. The standard InChI is InChI=1S/C10H7F2N3/c11-9-5-4-8(7-10(9)12)3-1-2-6-14-15-13/h4-5,7H,2,6H2. The lowest BCUT2D eigenvalue weighted by Gasteiger charge is -1.92. The number of benzene rings is 1. The van der Waals surface area contributed by atoms with Crippen molar-refractivity contribution >= 4 is 0 Å². The molecule has 3 nitrogen and oxygen atoms in total. The van der Waals surface area contributed by atoms with E-state index in [0.717, 1.165) is 12.1 Å². The van der Waals surface area contributed by atoms with Crippen LogP contribution in [0.5, 0.6) is 0 Å². The molecule has 1 rings (SSSR count). The molecule has 0 atom stereocenters. The van der Waals surface area contributed by atoms with Crippen molar-refractivity contribution in [2.24, 2.45) is 5.11 Å². The smallest absolute Gasteiger partial charge is 0.160 e. The van der Waals surface area contributed by atoms with Crippen LogP contribution < -0.4 is 0 Å². The minimum Gasteiger partial charge on any atom is -0.204 e. The van der Waals surface area contributed by atoms with Gasteiger partial charge in [0.2, 0.25) is 0 Å². The molecule has 0 heterocycles. The van der Waals surface area contributed by atoms with Gasteiger partial charge in [-0.25, -0.2) is 8.78 Å². The van der Waals surface area contributed by atoms with Crippen LogP contribution in [0.4, 0.5) is 8.78 Å². The van der Waals surface area contributed by atoms with Gasteiger partial charge in [-0.15, -0.1) is 0 Å². The lowest BCUT2D eigenvalue weighted by Crippen LogP contribution is -1.84. The van der Waals surface area contributed by atoms with Gasteiger partial charge in [-0.3, -0.25) is 0 Å². The van der Waals surface area contributed by atoms with Crippen LogP contribution >= 0.6 is 0 Å². The third-order valence-corrected chi connectivity index (χ3v) is 1.55. The van der Waals surface area contributed by atoms with E-state index in [9.17, 15) is 8.78 Å². The molecule has 5 heteroatoms. The zero-order valence-corrected chi connectivity index (χ0v) is 7.74. The monoisotopic (exact) mass is 207 g/mol. The molecule has 0 aliphatic heterocycles. The normalized spacial score (nSPS) is 8.67. The summed E-state index contributed by atoms with van der Waals surface area (Å²) < 4.78 is 25.2. The summed E-state index contributed by atoms with van der Waals surface area (Å²) in [6.07, 6.45) is 0.392. The number of halogens is 2. The van der Waals surface area contributed by atoms with E-state index < -0.39 is 11.6 Å². The van der Waals surface area contributed by atoms with Crippen LogP contribution in [0.15, 0.2) is 23.3 Å². The van der Waals surface area contributed by atoms with Crippen LogP contribution in [-0.4, -0.2) is 6.54 Å². The molecule has 0 aliphatic rings. The van der Waals surface area contributed by atoms with Gasteiger partial charge in [-0.1, -0.05) is 17.0 Å². The Morgan fingerprint density at radius 2 is 2.13 bits per heavy atom. The fourth-order valence-electron chi connectivity index (χ4n) is 0.889. The summed E-state index contributed by atoms with van der Waals surface area (Å²) >= 11 is 0. The summed E-state index contributed by atoms with van der Waals surface area (Å²) in [7, 11) is 0. The summed E-state index contributed by atoms with van der Waals surface area (Å²) in [6, 6.07) is 3.43. The minimum atomic E-state index is -0.920. The lowest BCUT2D eigenvalue weighted by molar-refractivity contribution is 0.508. The molecule has 0 aliphatic carbocycles. The molecule has 0 spiro atoms. The second-order valence-corrected chi connectivity index (χ2v) is 2.64. The molecule has 0 radical (unpaired) electrons. The van der Waals surface area contributed by atoms with E-state index in [1.807, 2.05) is 0 Å². The minimum absolute atomic E-state index is 0.271. The Morgan fingerprint density at radius 1 is 1.33 bits per heavy atom. The fourth-order valence-corrected chi connectivity index (χ4v) is 0.889. The van der Waals surface area contributed by atoms with Crippen LogP contribution in [0.1, 0.15) is 12.0 Å². The van der Waals surface area contributed by atoms with E-state index >= 15 is 0 Å². The molecule has 15 heavy (non-hydrogen) atoms. The Morgan fingerprint density at radius 3 is 2.80 bits per heavy atom. The molecular weight excluding hydrogens is 200 g/mol. The highest BCUT2D eigenvalue weighted by Gasteiger charge is 1.99. The van der Waals surface area contributed by atoms with Crippen LogP contribution in [0, 0.1) is 23.5 Å². The fraction of sp³-hybridized carbons (Fsp3) is 0.200. The summed E-state index contributed by atoms with van der Waals surface area (Å²) in [6.45, 7) is 0.271. The van der Waals surface area contributed by atoms with Crippen molar-refractivity contribution in [1.82, 2.24) is 0 Å². The molecule has 0 unspecified atom stereocenters. The summed E-state index contributed by atoms with van der Waals surface area (Å²) in [5.74, 6) is 3.50. The summed E-state index contributed by atoms with van der Waals surface area (Å²) in [5.41, 5.74) is 8.37. The van der Waals surface area contributed by atoms with E-state index in [4.69, 9.17) is 5.53 Å². The molecule has 0 fully saturated rings. The van der Waals surface area contributed by atoms with E-state index in [1.165, 1.54) is 6.07 Å². The van der Waals surface area contributed by atoms with Crippen molar-refractivity contribution < 1.29 is 8.78 Å². The number of rotatable bonds is 2. The molecule has 0 N–H and O–H groups in total. The highest BCUT2D eigenvalue weighted by molar-refractivity contribution is 5.34. The van der Waals surface area contributed by atoms with Crippen molar-refractivity contribution in [3.63, 3.8) is 0 Å². The average molecular weight is 207 g/mol. The van der Waals surface area contributed by atoms with Gasteiger partial charge in [0.25, 0.3) is 0 Å². The molecule has 0 aromatic heterocycles. The van der Waals surface area contributed by atoms with Crippen molar-refractivity contribution in [2.45, 2.75) is 6.42 Å². The first-order chi connectivity index (χ1) is 7.24. The van der Waals surface area contributed by atoms with Crippen molar-refractivity contribution in [1.29, 1.82) is 0 Å². The van der Waals surface area contributed by atoms with Gasteiger partial charge in [0, 0.05) is 23.4 Å². The van der Waals surface area contributed by atoms with Crippen LogP contribution in [-0.2, 0) is 0 Å². The lowest BCUT2D eigenvalue weighted by atomic mass is 10.2. The topological polar surface area (TPSA) is 48.8 Å². The Kier molecular flexibility index (Phi) is 4.14. The third kappa shape index (κ3) is 3.67. The maximum absolute atomic E-state index is 12.7. The van der Waals surface area contributed by atoms with E-state index in [1.54, 1.807) is 0 Å². The van der Waals surface area contributed by atoms with Crippen molar-refractivity contribution in [2.75, 3.05) is 6.54 Å². The third-order valence-electron chi connectivity index (χ3n) is 1.55. The molecule has 0 saturated heterocycles.